The highest BCUT2D eigenvalue weighted by molar-refractivity contribution is 5.98. The molecule has 0 spiro atoms. The lowest BCUT2D eigenvalue weighted by atomic mass is 9.97. The van der Waals surface area contributed by atoms with E-state index >= 15 is 0 Å². The number of benzene rings is 1. The fourth-order valence-electron chi connectivity index (χ4n) is 1.80. The Morgan fingerprint density at radius 1 is 1.35 bits per heavy atom. The molecule has 0 heterocycles. The van der Waals surface area contributed by atoms with Crippen LogP contribution in [-0.4, -0.2) is 16.0 Å². The number of Topliss-reactive ketones (excluding diaryl/α,β-unsaturated/α-hetero) is 1. The molecular formula is C14H18O3. The lowest BCUT2D eigenvalue weighted by Gasteiger charge is -2.12. The number of rotatable bonds is 4. The molecule has 0 atom stereocenters. The smallest absolute Gasteiger partial charge is 0.163 e. The SMILES string of the molecule is CC=Cc1cc(C(C)=O)c(O)c(CCC)c1O. The van der Waals surface area contributed by atoms with Gasteiger partial charge in [0.2, 0.25) is 0 Å². The molecule has 0 aliphatic carbocycles. The third-order valence-corrected chi connectivity index (χ3v) is 2.63. The first-order valence-electron chi connectivity index (χ1n) is 5.74. The summed E-state index contributed by atoms with van der Waals surface area (Å²) in [5, 5.41) is 20.0. The van der Waals surface area contributed by atoms with E-state index in [0.29, 0.717) is 17.5 Å². The van der Waals surface area contributed by atoms with Gasteiger partial charge in [0.15, 0.2) is 5.78 Å². The third-order valence-electron chi connectivity index (χ3n) is 2.63. The summed E-state index contributed by atoms with van der Waals surface area (Å²) in [6.07, 6.45) is 4.84. The van der Waals surface area contributed by atoms with Crippen LogP contribution in [0.4, 0.5) is 0 Å². The zero-order chi connectivity index (χ0) is 13.0. The Morgan fingerprint density at radius 2 is 2.00 bits per heavy atom. The van der Waals surface area contributed by atoms with Gasteiger partial charge in [0.05, 0.1) is 5.56 Å². The van der Waals surface area contributed by atoms with Gasteiger partial charge in [-0.25, -0.2) is 0 Å². The minimum atomic E-state index is -0.203. The lowest BCUT2D eigenvalue weighted by Crippen LogP contribution is -1.99. The van der Waals surface area contributed by atoms with Crippen molar-refractivity contribution < 1.29 is 15.0 Å². The zero-order valence-electron chi connectivity index (χ0n) is 10.4. The Bertz CT molecular complexity index is 459. The maximum Gasteiger partial charge on any atom is 0.163 e. The average Bonchev–Trinajstić information content (AvgIpc) is 2.27. The molecule has 0 radical (unpaired) electrons. The summed E-state index contributed by atoms with van der Waals surface area (Å²) >= 11 is 0. The van der Waals surface area contributed by atoms with Crippen LogP contribution in [0.3, 0.4) is 0 Å². The van der Waals surface area contributed by atoms with Gasteiger partial charge in [0.1, 0.15) is 11.5 Å². The zero-order valence-corrected chi connectivity index (χ0v) is 10.4. The van der Waals surface area contributed by atoms with E-state index in [2.05, 4.69) is 0 Å². The van der Waals surface area contributed by atoms with Crippen LogP contribution in [-0.2, 0) is 6.42 Å². The van der Waals surface area contributed by atoms with E-state index in [1.54, 1.807) is 12.2 Å². The second-order valence-electron chi connectivity index (χ2n) is 4.00. The van der Waals surface area contributed by atoms with Crippen LogP contribution in [0.2, 0.25) is 0 Å². The van der Waals surface area contributed by atoms with Crippen LogP contribution in [0.15, 0.2) is 12.1 Å². The Hall–Kier alpha value is -1.77. The number of allylic oxidation sites excluding steroid dienone is 1. The molecule has 0 aliphatic heterocycles. The van der Waals surface area contributed by atoms with Gasteiger partial charge in [0.25, 0.3) is 0 Å². The average molecular weight is 234 g/mol. The molecule has 3 heteroatoms. The van der Waals surface area contributed by atoms with Crippen molar-refractivity contribution >= 4 is 11.9 Å². The minimum Gasteiger partial charge on any atom is -0.507 e. The number of phenols is 2. The summed E-state index contributed by atoms with van der Waals surface area (Å²) < 4.78 is 0. The van der Waals surface area contributed by atoms with Gasteiger partial charge in [-0.2, -0.15) is 0 Å². The number of aromatic hydroxyl groups is 2. The number of carbonyl (C=O) groups excluding carboxylic acids is 1. The Kier molecular flexibility index (Phi) is 4.32. The highest BCUT2D eigenvalue weighted by Crippen LogP contribution is 2.36. The second-order valence-corrected chi connectivity index (χ2v) is 4.00. The van der Waals surface area contributed by atoms with Crippen LogP contribution in [0.1, 0.15) is 48.7 Å². The summed E-state index contributed by atoms with van der Waals surface area (Å²) in [6, 6.07) is 1.52. The molecule has 1 rings (SSSR count). The molecule has 1 aromatic rings. The van der Waals surface area contributed by atoms with Gasteiger partial charge < -0.3 is 10.2 Å². The highest BCUT2D eigenvalue weighted by Gasteiger charge is 2.17. The molecule has 0 saturated carbocycles. The van der Waals surface area contributed by atoms with Gasteiger partial charge in [-0.1, -0.05) is 25.5 Å². The predicted octanol–water partition coefficient (Wildman–Crippen LogP) is 3.29. The van der Waals surface area contributed by atoms with E-state index in [4.69, 9.17) is 0 Å². The van der Waals surface area contributed by atoms with Gasteiger partial charge in [-0.05, 0) is 26.3 Å². The highest BCUT2D eigenvalue weighted by atomic mass is 16.3. The topological polar surface area (TPSA) is 57.5 Å². The molecule has 17 heavy (non-hydrogen) atoms. The number of hydrogen-bond acceptors (Lipinski definition) is 3. The molecule has 2 N–H and O–H groups in total. The molecule has 3 nitrogen and oxygen atoms in total. The molecular weight excluding hydrogens is 216 g/mol. The first-order chi connectivity index (χ1) is 8.02. The monoisotopic (exact) mass is 234 g/mol. The van der Waals surface area contributed by atoms with Crippen LogP contribution >= 0.6 is 0 Å². The van der Waals surface area contributed by atoms with E-state index in [9.17, 15) is 15.0 Å². The molecule has 0 unspecified atom stereocenters. The second kappa shape index (κ2) is 5.53. The summed E-state index contributed by atoms with van der Waals surface area (Å²) in [5.74, 6) is -0.233. The quantitative estimate of drug-likeness (QED) is 0.786. The summed E-state index contributed by atoms with van der Waals surface area (Å²) in [5.41, 5.74) is 1.28. The van der Waals surface area contributed by atoms with Crippen molar-refractivity contribution in [1.29, 1.82) is 0 Å². The largest absolute Gasteiger partial charge is 0.507 e. The maximum absolute atomic E-state index is 11.4. The molecule has 0 fully saturated rings. The van der Waals surface area contributed by atoms with Crippen molar-refractivity contribution in [3.8, 4) is 11.5 Å². The standard InChI is InChI=1S/C14H18O3/c1-4-6-10-8-12(9(3)15)14(17)11(7-5-2)13(10)16/h4,6,8,16-17H,5,7H2,1-3H3. The molecule has 0 aliphatic rings. The van der Waals surface area contributed by atoms with Gasteiger partial charge in [-0.15, -0.1) is 0 Å². The fraction of sp³-hybridized carbons (Fsp3) is 0.357. The fourth-order valence-corrected chi connectivity index (χ4v) is 1.80. The third kappa shape index (κ3) is 2.67. The molecule has 0 saturated heterocycles. The Balaban J connectivity index is 3.51. The Morgan fingerprint density at radius 3 is 2.47 bits per heavy atom. The van der Waals surface area contributed by atoms with Crippen molar-refractivity contribution in [1.82, 2.24) is 0 Å². The van der Waals surface area contributed by atoms with Gasteiger partial charge >= 0.3 is 0 Å². The maximum atomic E-state index is 11.4. The first-order valence-corrected chi connectivity index (χ1v) is 5.74. The van der Waals surface area contributed by atoms with Crippen molar-refractivity contribution in [2.75, 3.05) is 0 Å². The number of hydrogen-bond donors (Lipinski definition) is 2. The van der Waals surface area contributed by atoms with Crippen LogP contribution in [0, 0.1) is 0 Å². The van der Waals surface area contributed by atoms with Crippen molar-refractivity contribution in [2.45, 2.75) is 33.6 Å². The van der Waals surface area contributed by atoms with Gasteiger partial charge in [-0.3, -0.25) is 4.79 Å². The Labute approximate surface area is 101 Å². The van der Waals surface area contributed by atoms with Gasteiger partial charge in [0, 0.05) is 11.1 Å². The van der Waals surface area contributed by atoms with Crippen LogP contribution < -0.4 is 0 Å². The van der Waals surface area contributed by atoms with E-state index in [0.717, 1.165) is 6.42 Å². The van der Waals surface area contributed by atoms with E-state index in [1.165, 1.54) is 13.0 Å². The molecule has 92 valence electrons. The lowest BCUT2D eigenvalue weighted by molar-refractivity contribution is 0.101. The minimum absolute atomic E-state index is 0.0625. The van der Waals surface area contributed by atoms with Crippen molar-refractivity contribution in [3.05, 3.63) is 28.8 Å². The van der Waals surface area contributed by atoms with E-state index in [-0.39, 0.29) is 22.8 Å². The van der Waals surface area contributed by atoms with E-state index < -0.39 is 0 Å². The molecule has 0 amide bonds. The number of phenolic OH excluding ortho intramolecular Hbond substituents is 2. The molecule has 0 aromatic heterocycles. The normalized spacial score (nSPS) is 11.0. The first kappa shape index (κ1) is 13.3. The number of ketones is 1. The molecule has 0 bridgehead atoms. The van der Waals surface area contributed by atoms with E-state index in [1.807, 2.05) is 13.8 Å². The van der Waals surface area contributed by atoms with Crippen molar-refractivity contribution in [3.63, 3.8) is 0 Å². The predicted molar refractivity (Wildman–Crippen MR) is 68.5 cm³/mol. The van der Waals surface area contributed by atoms with Crippen LogP contribution in [0.5, 0.6) is 11.5 Å². The number of carbonyl (C=O) groups is 1. The summed E-state index contributed by atoms with van der Waals surface area (Å²) in [6.45, 7) is 5.19. The van der Waals surface area contributed by atoms with Crippen molar-refractivity contribution in [2.24, 2.45) is 0 Å². The van der Waals surface area contributed by atoms with Crippen LogP contribution in [0.25, 0.3) is 6.08 Å². The summed E-state index contributed by atoms with van der Waals surface area (Å²) in [7, 11) is 0. The summed E-state index contributed by atoms with van der Waals surface area (Å²) in [4.78, 5) is 11.4. The molecule has 1 aromatic carbocycles.